The first-order valence-electron chi connectivity index (χ1n) is 5.15. The summed E-state index contributed by atoms with van der Waals surface area (Å²) in [5, 5.41) is 7.61. The molecule has 1 amide bonds. The molecular weight excluding hydrogens is 256 g/mol. The van der Waals surface area contributed by atoms with Gasteiger partial charge in [0.25, 0.3) is 0 Å². The first-order chi connectivity index (χ1) is 8.56. The average molecular weight is 268 g/mol. The maximum atomic E-state index is 10.8. The number of primary amides is 1. The summed E-state index contributed by atoms with van der Waals surface area (Å²) in [5.74, 6) is -0.477. The van der Waals surface area contributed by atoms with E-state index in [0.29, 0.717) is 18.9 Å². The molecule has 0 bridgehead atoms. The van der Waals surface area contributed by atoms with Crippen LogP contribution in [-0.4, -0.2) is 37.6 Å². The molecule has 0 atom stereocenters. The van der Waals surface area contributed by atoms with Gasteiger partial charge in [0.05, 0.1) is 17.1 Å². The van der Waals surface area contributed by atoms with Crippen molar-refractivity contribution in [1.29, 1.82) is 0 Å². The quantitative estimate of drug-likeness (QED) is 0.809. The number of hydrogen-bond acceptors (Lipinski definition) is 8. The van der Waals surface area contributed by atoms with Crippen LogP contribution in [0.5, 0.6) is 0 Å². The fraction of sp³-hybridized carbons (Fsp3) is 0.444. The van der Waals surface area contributed by atoms with Crippen molar-refractivity contribution in [3.05, 3.63) is 22.3 Å². The van der Waals surface area contributed by atoms with Gasteiger partial charge in [-0.05, 0) is 25.5 Å². The highest BCUT2D eigenvalue weighted by molar-refractivity contribution is 7.05. The Labute approximate surface area is 107 Å². The summed E-state index contributed by atoms with van der Waals surface area (Å²) in [6.07, 6.45) is 0. The van der Waals surface area contributed by atoms with Crippen LogP contribution in [0.15, 0.2) is 4.52 Å². The Kier molecular flexibility index (Phi) is 3.63. The molecule has 96 valence electrons. The third kappa shape index (κ3) is 2.87. The number of carbonyl (C=O) groups excluding carboxylic acids is 1. The van der Waals surface area contributed by atoms with Gasteiger partial charge in [-0.1, -0.05) is 9.64 Å². The molecule has 0 saturated heterocycles. The summed E-state index contributed by atoms with van der Waals surface area (Å²) in [5.41, 5.74) is 5.94. The minimum absolute atomic E-state index is 0.172. The van der Waals surface area contributed by atoms with E-state index in [9.17, 15) is 4.79 Å². The van der Waals surface area contributed by atoms with Crippen LogP contribution in [0.1, 0.15) is 27.1 Å². The third-order valence-electron chi connectivity index (χ3n) is 2.25. The van der Waals surface area contributed by atoms with E-state index in [-0.39, 0.29) is 5.89 Å². The van der Waals surface area contributed by atoms with Gasteiger partial charge in [0, 0.05) is 6.54 Å². The summed E-state index contributed by atoms with van der Waals surface area (Å²) in [6, 6.07) is 0. The van der Waals surface area contributed by atoms with Gasteiger partial charge < -0.3 is 10.3 Å². The van der Waals surface area contributed by atoms with Gasteiger partial charge in [0.2, 0.25) is 0 Å². The molecule has 0 aliphatic rings. The van der Waals surface area contributed by atoms with Gasteiger partial charge in [0.15, 0.2) is 5.82 Å². The standard InChI is InChI=1S/C9H12N6O2S/c1-5-6(18-14-12-5)3-15(2)4-7-11-9(8(10)16)17-13-7/h3-4H2,1-2H3,(H2,10,16). The van der Waals surface area contributed by atoms with Crippen molar-refractivity contribution in [1.82, 2.24) is 24.6 Å². The Morgan fingerprint density at radius 3 is 2.83 bits per heavy atom. The Morgan fingerprint density at radius 2 is 2.28 bits per heavy atom. The Bertz CT molecular complexity index is 551. The van der Waals surface area contributed by atoms with Crippen molar-refractivity contribution in [3.63, 3.8) is 0 Å². The largest absolute Gasteiger partial charge is 0.361 e. The lowest BCUT2D eigenvalue weighted by Gasteiger charge is -2.12. The summed E-state index contributed by atoms with van der Waals surface area (Å²) >= 11 is 1.36. The summed E-state index contributed by atoms with van der Waals surface area (Å²) < 4.78 is 8.56. The molecule has 9 heteroatoms. The zero-order chi connectivity index (χ0) is 13.1. The van der Waals surface area contributed by atoms with E-state index in [1.165, 1.54) is 11.5 Å². The molecule has 0 spiro atoms. The number of aromatic nitrogens is 4. The summed E-state index contributed by atoms with van der Waals surface area (Å²) in [6.45, 7) is 3.05. The molecule has 2 heterocycles. The fourth-order valence-electron chi connectivity index (χ4n) is 1.36. The summed E-state index contributed by atoms with van der Waals surface area (Å²) in [4.78, 5) is 17.7. The average Bonchev–Trinajstić information content (AvgIpc) is 2.89. The molecule has 2 rings (SSSR count). The van der Waals surface area contributed by atoms with Crippen LogP contribution in [0.2, 0.25) is 0 Å². The van der Waals surface area contributed by atoms with Crippen molar-refractivity contribution >= 4 is 17.4 Å². The van der Waals surface area contributed by atoms with Crippen LogP contribution in [0.4, 0.5) is 0 Å². The molecule has 2 aromatic heterocycles. The number of nitrogens with two attached hydrogens (primary N) is 1. The lowest BCUT2D eigenvalue weighted by atomic mass is 10.3. The molecule has 0 aliphatic carbocycles. The van der Waals surface area contributed by atoms with E-state index < -0.39 is 5.91 Å². The van der Waals surface area contributed by atoms with E-state index >= 15 is 0 Å². The SMILES string of the molecule is Cc1nnsc1CN(C)Cc1noc(C(N)=O)n1. The smallest absolute Gasteiger partial charge is 0.315 e. The Balaban J connectivity index is 1.96. The van der Waals surface area contributed by atoms with E-state index in [0.717, 1.165) is 10.6 Å². The predicted molar refractivity (Wildman–Crippen MR) is 62.6 cm³/mol. The van der Waals surface area contributed by atoms with Crippen LogP contribution in [-0.2, 0) is 13.1 Å². The predicted octanol–water partition coefficient (Wildman–Crippen LogP) is -0.0396. The van der Waals surface area contributed by atoms with Crippen molar-refractivity contribution in [2.45, 2.75) is 20.0 Å². The van der Waals surface area contributed by atoms with Crippen molar-refractivity contribution in [2.24, 2.45) is 5.73 Å². The van der Waals surface area contributed by atoms with Crippen molar-refractivity contribution in [2.75, 3.05) is 7.05 Å². The van der Waals surface area contributed by atoms with E-state index in [1.807, 2.05) is 18.9 Å². The highest BCUT2D eigenvalue weighted by atomic mass is 32.1. The Morgan fingerprint density at radius 1 is 1.50 bits per heavy atom. The van der Waals surface area contributed by atoms with Gasteiger partial charge in [0.1, 0.15) is 0 Å². The zero-order valence-electron chi connectivity index (χ0n) is 9.95. The molecule has 2 aromatic rings. The minimum Gasteiger partial charge on any atom is -0.361 e. The van der Waals surface area contributed by atoms with E-state index in [1.54, 1.807) is 0 Å². The second kappa shape index (κ2) is 5.19. The van der Waals surface area contributed by atoms with Crippen LogP contribution >= 0.6 is 11.5 Å². The van der Waals surface area contributed by atoms with Gasteiger partial charge in [-0.25, -0.2) is 0 Å². The van der Waals surface area contributed by atoms with Gasteiger partial charge in [-0.3, -0.25) is 9.69 Å². The number of hydrogen-bond donors (Lipinski definition) is 1. The topological polar surface area (TPSA) is 111 Å². The number of aryl methyl sites for hydroxylation is 1. The fourth-order valence-corrected chi connectivity index (χ4v) is 2.07. The number of carbonyl (C=O) groups is 1. The van der Waals surface area contributed by atoms with Crippen LogP contribution < -0.4 is 5.73 Å². The summed E-state index contributed by atoms with van der Waals surface area (Å²) in [7, 11) is 1.90. The van der Waals surface area contributed by atoms with Crippen LogP contribution in [0, 0.1) is 6.92 Å². The lowest BCUT2D eigenvalue weighted by Crippen LogP contribution is -2.18. The molecule has 0 saturated carbocycles. The molecule has 0 unspecified atom stereocenters. The molecule has 18 heavy (non-hydrogen) atoms. The number of amides is 1. The molecule has 0 aromatic carbocycles. The maximum absolute atomic E-state index is 10.8. The Hall–Kier alpha value is -1.87. The van der Waals surface area contributed by atoms with E-state index in [4.69, 9.17) is 10.3 Å². The molecule has 0 fully saturated rings. The first-order valence-corrected chi connectivity index (χ1v) is 5.92. The second-order valence-corrected chi connectivity index (χ2v) is 4.67. The third-order valence-corrected chi connectivity index (χ3v) is 3.06. The van der Waals surface area contributed by atoms with Crippen LogP contribution in [0.25, 0.3) is 0 Å². The normalized spacial score (nSPS) is 11.1. The molecule has 0 radical (unpaired) electrons. The zero-order valence-corrected chi connectivity index (χ0v) is 10.8. The second-order valence-electron chi connectivity index (χ2n) is 3.83. The minimum atomic E-state index is -0.723. The van der Waals surface area contributed by atoms with E-state index in [2.05, 4.69) is 19.7 Å². The van der Waals surface area contributed by atoms with Gasteiger partial charge in [-0.15, -0.1) is 5.10 Å². The molecule has 0 aliphatic heterocycles. The lowest BCUT2D eigenvalue weighted by molar-refractivity contribution is 0.0958. The maximum Gasteiger partial charge on any atom is 0.315 e. The number of rotatable bonds is 5. The van der Waals surface area contributed by atoms with Crippen molar-refractivity contribution in [3.8, 4) is 0 Å². The van der Waals surface area contributed by atoms with Crippen LogP contribution in [0.3, 0.4) is 0 Å². The van der Waals surface area contributed by atoms with Crippen molar-refractivity contribution < 1.29 is 9.32 Å². The molecular formula is C9H12N6O2S. The highest BCUT2D eigenvalue weighted by Crippen LogP contribution is 2.12. The number of nitrogens with zero attached hydrogens (tertiary/aromatic N) is 5. The molecule has 2 N–H and O–H groups in total. The highest BCUT2D eigenvalue weighted by Gasteiger charge is 2.14. The first kappa shape index (κ1) is 12.6. The molecule has 8 nitrogen and oxygen atoms in total. The monoisotopic (exact) mass is 268 g/mol. The van der Waals surface area contributed by atoms with Gasteiger partial charge >= 0.3 is 11.8 Å². The van der Waals surface area contributed by atoms with Gasteiger partial charge in [-0.2, -0.15) is 4.98 Å².